The Morgan fingerprint density at radius 2 is 2.08 bits per heavy atom. The Kier molecular flexibility index (Phi) is 5.61. The molecule has 1 aromatic rings. The smallest absolute Gasteiger partial charge is 0.421 e. The van der Waals surface area contributed by atoms with E-state index in [4.69, 9.17) is 4.74 Å². The summed E-state index contributed by atoms with van der Waals surface area (Å²) in [5.74, 6) is -0.438. The van der Waals surface area contributed by atoms with Gasteiger partial charge in [0, 0.05) is 25.3 Å². The van der Waals surface area contributed by atoms with Crippen LogP contribution in [0.5, 0.6) is 5.88 Å². The van der Waals surface area contributed by atoms with Crippen molar-refractivity contribution in [1.82, 2.24) is 15.2 Å². The summed E-state index contributed by atoms with van der Waals surface area (Å²) in [6, 6.07) is 2.13. The van der Waals surface area contributed by atoms with Crippen molar-refractivity contribution in [3.63, 3.8) is 0 Å². The zero-order chi connectivity index (χ0) is 18.8. The lowest BCUT2D eigenvalue weighted by Crippen LogP contribution is -2.48. The Hall–Kier alpha value is -1.83. The number of likely N-dealkylation sites (tertiary alicyclic amines) is 1. The van der Waals surface area contributed by atoms with Crippen molar-refractivity contribution in [2.24, 2.45) is 11.3 Å². The van der Waals surface area contributed by atoms with Crippen LogP contribution in [0.15, 0.2) is 18.3 Å². The van der Waals surface area contributed by atoms with E-state index >= 15 is 0 Å². The van der Waals surface area contributed by atoms with Crippen molar-refractivity contribution in [2.45, 2.75) is 33.0 Å². The largest absolute Gasteiger partial charge is 0.476 e. The van der Waals surface area contributed by atoms with Crippen LogP contribution in [0.3, 0.4) is 0 Å². The van der Waals surface area contributed by atoms with Gasteiger partial charge in [-0.15, -0.1) is 0 Å². The number of hydrogen-bond acceptors (Lipinski definition) is 4. The number of hydrogen-bond donors (Lipinski definition) is 1. The van der Waals surface area contributed by atoms with Crippen molar-refractivity contribution in [3.05, 3.63) is 23.9 Å². The molecule has 25 heavy (non-hydrogen) atoms. The fourth-order valence-corrected chi connectivity index (χ4v) is 2.80. The topological polar surface area (TPSA) is 54.5 Å². The van der Waals surface area contributed by atoms with Gasteiger partial charge in [-0.05, 0) is 38.9 Å². The van der Waals surface area contributed by atoms with Gasteiger partial charge in [-0.25, -0.2) is 4.98 Å². The number of pyridine rings is 1. The zero-order valence-electron chi connectivity index (χ0n) is 14.9. The first kappa shape index (κ1) is 19.5. The van der Waals surface area contributed by atoms with Crippen LogP contribution in [-0.2, 0) is 11.0 Å². The third-order valence-corrected chi connectivity index (χ3v) is 4.37. The van der Waals surface area contributed by atoms with E-state index in [0.29, 0.717) is 5.92 Å². The summed E-state index contributed by atoms with van der Waals surface area (Å²) in [4.78, 5) is 18.3. The quantitative estimate of drug-likeness (QED) is 0.878. The number of amides is 1. The molecule has 140 valence electrons. The first-order chi connectivity index (χ1) is 11.5. The van der Waals surface area contributed by atoms with Crippen LogP contribution in [0.4, 0.5) is 13.2 Å². The van der Waals surface area contributed by atoms with Crippen molar-refractivity contribution < 1.29 is 22.7 Å². The molecule has 1 aliphatic rings. The lowest BCUT2D eigenvalue weighted by atomic mass is 9.92. The molecule has 5 nitrogen and oxygen atoms in total. The SMILES string of the molecule is C[C@H]1CN(C)C[C@@H]1NC(=O)C(C)(C)COc1ncccc1C(F)(F)F. The van der Waals surface area contributed by atoms with Crippen LogP contribution in [0.2, 0.25) is 0 Å². The summed E-state index contributed by atoms with van der Waals surface area (Å²) in [5.41, 5.74) is -1.93. The molecular weight excluding hydrogens is 335 g/mol. The Morgan fingerprint density at radius 3 is 2.64 bits per heavy atom. The molecule has 1 fully saturated rings. The predicted molar refractivity (Wildman–Crippen MR) is 87.1 cm³/mol. The highest BCUT2D eigenvalue weighted by Gasteiger charge is 2.37. The van der Waals surface area contributed by atoms with Gasteiger partial charge >= 0.3 is 6.18 Å². The standard InChI is InChI=1S/C17H24F3N3O2/c1-11-8-23(4)9-13(11)22-15(24)16(2,3)10-25-14-12(17(18,19)20)6-5-7-21-14/h5-7,11,13H,8-10H2,1-4H3,(H,22,24)/t11-,13-/m0/s1. The van der Waals surface area contributed by atoms with Gasteiger partial charge < -0.3 is 15.0 Å². The maximum atomic E-state index is 13.0. The summed E-state index contributed by atoms with van der Waals surface area (Å²) in [6.45, 7) is 6.79. The number of aromatic nitrogens is 1. The lowest BCUT2D eigenvalue weighted by Gasteiger charge is -2.27. The molecular formula is C17H24F3N3O2. The maximum absolute atomic E-state index is 13.0. The number of alkyl halides is 3. The average molecular weight is 359 g/mol. The fraction of sp³-hybridized carbons (Fsp3) is 0.647. The highest BCUT2D eigenvalue weighted by molar-refractivity contribution is 5.82. The third kappa shape index (κ3) is 4.84. The number of nitrogens with one attached hydrogen (secondary N) is 1. The third-order valence-electron chi connectivity index (χ3n) is 4.37. The van der Waals surface area contributed by atoms with E-state index in [9.17, 15) is 18.0 Å². The van der Waals surface area contributed by atoms with Crippen molar-refractivity contribution in [3.8, 4) is 5.88 Å². The minimum Gasteiger partial charge on any atom is -0.476 e. The van der Waals surface area contributed by atoms with E-state index in [-0.39, 0.29) is 18.6 Å². The molecule has 0 saturated carbocycles. The number of rotatable bonds is 5. The molecule has 1 aliphatic heterocycles. The molecule has 0 unspecified atom stereocenters. The molecule has 0 aliphatic carbocycles. The van der Waals surface area contributed by atoms with Crippen LogP contribution in [0.25, 0.3) is 0 Å². The van der Waals surface area contributed by atoms with Gasteiger partial charge in [-0.3, -0.25) is 4.79 Å². The normalized spacial score (nSPS) is 22.0. The van der Waals surface area contributed by atoms with Crippen LogP contribution < -0.4 is 10.1 Å². The molecule has 8 heteroatoms. The second kappa shape index (κ2) is 7.19. The monoisotopic (exact) mass is 359 g/mol. The second-order valence-corrected chi connectivity index (χ2v) is 7.30. The highest BCUT2D eigenvalue weighted by atomic mass is 19.4. The molecule has 2 heterocycles. The van der Waals surface area contributed by atoms with Crippen molar-refractivity contribution in [1.29, 1.82) is 0 Å². The molecule has 2 atom stereocenters. The molecule has 1 saturated heterocycles. The van der Waals surface area contributed by atoms with E-state index in [2.05, 4.69) is 22.1 Å². The Morgan fingerprint density at radius 1 is 1.40 bits per heavy atom. The minimum absolute atomic E-state index is 0.0253. The van der Waals surface area contributed by atoms with Crippen LogP contribution in [-0.4, -0.2) is 48.6 Å². The number of carbonyl (C=O) groups excluding carboxylic acids is 1. The number of carbonyl (C=O) groups is 1. The molecule has 0 aromatic carbocycles. The van der Waals surface area contributed by atoms with Crippen molar-refractivity contribution in [2.75, 3.05) is 26.7 Å². The summed E-state index contributed by atoms with van der Waals surface area (Å²) in [6.07, 6.45) is -3.33. The zero-order valence-corrected chi connectivity index (χ0v) is 14.9. The summed E-state index contributed by atoms with van der Waals surface area (Å²) >= 11 is 0. The molecule has 2 rings (SSSR count). The van der Waals surface area contributed by atoms with E-state index < -0.39 is 23.0 Å². The number of halogens is 3. The fourth-order valence-electron chi connectivity index (χ4n) is 2.80. The number of likely N-dealkylation sites (N-methyl/N-ethyl adjacent to an activating group) is 1. The second-order valence-electron chi connectivity index (χ2n) is 7.30. The lowest BCUT2D eigenvalue weighted by molar-refractivity contribution is -0.139. The molecule has 0 spiro atoms. The van der Waals surface area contributed by atoms with E-state index in [1.807, 2.05) is 7.05 Å². The molecule has 1 amide bonds. The van der Waals surface area contributed by atoms with Crippen LogP contribution in [0, 0.1) is 11.3 Å². The molecule has 1 N–H and O–H groups in total. The number of nitrogens with zero attached hydrogens (tertiary/aromatic N) is 2. The molecule has 0 bridgehead atoms. The summed E-state index contributed by atoms with van der Waals surface area (Å²) in [7, 11) is 1.98. The van der Waals surface area contributed by atoms with Gasteiger partial charge in [0.1, 0.15) is 12.2 Å². The summed E-state index contributed by atoms with van der Waals surface area (Å²) < 4.78 is 44.2. The van der Waals surface area contributed by atoms with Gasteiger partial charge in [0.15, 0.2) is 0 Å². The van der Waals surface area contributed by atoms with Crippen LogP contribution in [0.1, 0.15) is 26.3 Å². The highest BCUT2D eigenvalue weighted by Crippen LogP contribution is 2.35. The van der Waals surface area contributed by atoms with Crippen LogP contribution >= 0.6 is 0 Å². The van der Waals surface area contributed by atoms with Crippen molar-refractivity contribution >= 4 is 5.91 Å². The first-order valence-corrected chi connectivity index (χ1v) is 8.15. The maximum Gasteiger partial charge on any atom is 0.421 e. The summed E-state index contributed by atoms with van der Waals surface area (Å²) in [5, 5.41) is 2.98. The van der Waals surface area contributed by atoms with Gasteiger partial charge in [-0.1, -0.05) is 6.92 Å². The average Bonchev–Trinajstić information content (AvgIpc) is 2.82. The van der Waals surface area contributed by atoms with E-state index in [1.54, 1.807) is 13.8 Å². The Labute approximate surface area is 145 Å². The number of ether oxygens (including phenoxy) is 1. The van der Waals surface area contributed by atoms with Gasteiger partial charge in [0.05, 0.1) is 5.41 Å². The van der Waals surface area contributed by atoms with Gasteiger partial charge in [0.2, 0.25) is 11.8 Å². The van der Waals surface area contributed by atoms with E-state index in [1.165, 1.54) is 12.3 Å². The molecule has 0 radical (unpaired) electrons. The predicted octanol–water partition coefficient (Wildman–Crippen LogP) is 2.57. The molecule has 1 aromatic heterocycles. The van der Waals surface area contributed by atoms with Gasteiger partial charge in [0.25, 0.3) is 0 Å². The Balaban J connectivity index is 2.01. The first-order valence-electron chi connectivity index (χ1n) is 8.15. The Bertz CT molecular complexity index is 619. The van der Waals surface area contributed by atoms with E-state index in [0.717, 1.165) is 19.2 Å². The minimum atomic E-state index is -4.56. The van der Waals surface area contributed by atoms with Gasteiger partial charge in [-0.2, -0.15) is 13.2 Å².